The number of furan rings is 1. The zero-order chi connectivity index (χ0) is 23.8. The Morgan fingerprint density at radius 3 is 2.52 bits per heavy atom. The number of sulfone groups is 2. The second-order valence-corrected chi connectivity index (χ2v) is 13.3. The Balaban J connectivity index is 1.62. The molecular weight excluding hydrogens is 464 g/mol. The molecule has 1 unspecified atom stereocenters. The van der Waals surface area contributed by atoms with Gasteiger partial charge in [0, 0.05) is 12.6 Å². The summed E-state index contributed by atoms with van der Waals surface area (Å²) in [4.78, 5) is 2.34. The van der Waals surface area contributed by atoms with Crippen LogP contribution in [0.15, 0.2) is 39.8 Å². The van der Waals surface area contributed by atoms with Crippen molar-refractivity contribution in [2.45, 2.75) is 48.9 Å². The molecule has 3 heterocycles. The fourth-order valence-corrected chi connectivity index (χ4v) is 9.77. The van der Waals surface area contributed by atoms with Crippen LogP contribution in [0.3, 0.4) is 0 Å². The van der Waals surface area contributed by atoms with E-state index >= 15 is 0 Å². The Hall–Kier alpha value is -1.88. The lowest BCUT2D eigenvalue weighted by Crippen LogP contribution is -2.46. The minimum absolute atomic E-state index is 0.0455. The summed E-state index contributed by atoms with van der Waals surface area (Å²) in [6.07, 6.45) is 3.81. The third-order valence-corrected chi connectivity index (χ3v) is 11.0. The zero-order valence-corrected chi connectivity index (χ0v) is 20.9. The lowest BCUT2D eigenvalue weighted by molar-refractivity contribution is 0.206. The Morgan fingerprint density at radius 2 is 1.88 bits per heavy atom. The van der Waals surface area contributed by atoms with Gasteiger partial charge in [0.2, 0.25) is 0 Å². The summed E-state index contributed by atoms with van der Waals surface area (Å²) in [6, 6.07) is 6.22. The molecule has 4 rings (SSSR count). The van der Waals surface area contributed by atoms with Crippen molar-refractivity contribution in [3.63, 3.8) is 0 Å². The summed E-state index contributed by atoms with van der Waals surface area (Å²) in [5, 5.41) is 2.20. The van der Waals surface area contributed by atoms with Crippen LogP contribution < -0.4 is 10.1 Å². The Bertz CT molecular complexity index is 1190. The van der Waals surface area contributed by atoms with Crippen molar-refractivity contribution in [2.24, 2.45) is 0 Å². The van der Waals surface area contributed by atoms with E-state index in [0.29, 0.717) is 6.54 Å². The first-order valence-electron chi connectivity index (χ1n) is 11.2. The van der Waals surface area contributed by atoms with Crippen molar-refractivity contribution in [1.29, 1.82) is 0 Å². The number of hydrogen-bond acceptors (Lipinski definition) is 8. The molecule has 1 N–H and O–H groups in total. The summed E-state index contributed by atoms with van der Waals surface area (Å²) in [7, 11) is -6.05. The average molecular weight is 497 g/mol. The normalized spacial score (nSPS) is 24.2. The number of nitrogens with one attached hydrogen (secondary N) is 1. The fourth-order valence-electron chi connectivity index (χ4n) is 4.83. The minimum atomic E-state index is -3.97. The van der Waals surface area contributed by atoms with Crippen LogP contribution in [-0.2, 0) is 19.7 Å². The number of likely N-dealkylation sites (tertiary alicyclic amines) is 1. The molecule has 2 saturated heterocycles. The van der Waals surface area contributed by atoms with E-state index < -0.39 is 36.7 Å². The number of hydrogen-bond donors (Lipinski definition) is 1. The molecule has 2 fully saturated rings. The third-order valence-electron chi connectivity index (χ3n) is 6.81. The average Bonchev–Trinajstić information content (AvgIpc) is 3.52. The smallest absolute Gasteiger partial charge is 0.187 e. The standard InChI is InChI=1S/C23H32N2O6S2/c1-16-11-21(30-3)22(12-17(16)2)33(28,29)23-15-32(26,27)14-18(23)24-13-19(20-7-6-10-31-20)25-8-4-5-9-25/h6-7,10-12,18-19,23-24H,4-5,8-9,13-15H2,1-3H3/t18-,19?,23-/m0/s1. The van der Waals surface area contributed by atoms with Gasteiger partial charge in [0.15, 0.2) is 19.7 Å². The van der Waals surface area contributed by atoms with E-state index in [0.717, 1.165) is 42.8 Å². The summed E-state index contributed by atoms with van der Waals surface area (Å²) >= 11 is 0. The molecule has 10 heteroatoms. The highest BCUT2D eigenvalue weighted by atomic mass is 32.2. The summed E-state index contributed by atoms with van der Waals surface area (Å²) in [6.45, 7) is 5.98. The van der Waals surface area contributed by atoms with Gasteiger partial charge in [-0.15, -0.1) is 0 Å². The van der Waals surface area contributed by atoms with Crippen LogP contribution >= 0.6 is 0 Å². The van der Waals surface area contributed by atoms with E-state index in [4.69, 9.17) is 9.15 Å². The van der Waals surface area contributed by atoms with Gasteiger partial charge in [-0.05, 0) is 75.2 Å². The van der Waals surface area contributed by atoms with Crippen LogP contribution in [0.2, 0.25) is 0 Å². The number of ether oxygens (including phenoxy) is 1. The van der Waals surface area contributed by atoms with E-state index in [2.05, 4.69) is 10.2 Å². The largest absolute Gasteiger partial charge is 0.495 e. The van der Waals surface area contributed by atoms with Crippen LogP contribution in [0, 0.1) is 13.8 Å². The Morgan fingerprint density at radius 1 is 1.18 bits per heavy atom. The molecule has 0 spiro atoms. The Labute approximate surface area is 196 Å². The number of aryl methyl sites for hydroxylation is 2. The lowest BCUT2D eigenvalue weighted by atomic mass is 10.1. The van der Waals surface area contributed by atoms with Gasteiger partial charge < -0.3 is 14.5 Å². The second-order valence-electron chi connectivity index (χ2n) is 9.04. The molecule has 2 aromatic rings. The van der Waals surface area contributed by atoms with E-state index in [1.54, 1.807) is 18.4 Å². The molecule has 0 amide bonds. The van der Waals surface area contributed by atoms with Gasteiger partial charge in [-0.3, -0.25) is 4.90 Å². The fraction of sp³-hybridized carbons (Fsp3) is 0.565. The predicted octanol–water partition coefficient (Wildman–Crippen LogP) is 2.27. The molecule has 1 aromatic heterocycles. The minimum Gasteiger partial charge on any atom is -0.495 e. The van der Waals surface area contributed by atoms with Gasteiger partial charge in [0.05, 0.1) is 36.2 Å². The molecule has 182 valence electrons. The first-order valence-corrected chi connectivity index (χ1v) is 14.6. The van der Waals surface area contributed by atoms with Crippen LogP contribution in [0.25, 0.3) is 0 Å². The van der Waals surface area contributed by atoms with Crippen LogP contribution in [0.1, 0.15) is 35.8 Å². The van der Waals surface area contributed by atoms with E-state index in [-0.39, 0.29) is 22.4 Å². The first kappa shape index (κ1) is 24.3. The second kappa shape index (κ2) is 9.40. The van der Waals surface area contributed by atoms with E-state index in [1.807, 2.05) is 26.0 Å². The topological polar surface area (TPSA) is 106 Å². The maximum absolute atomic E-state index is 13.7. The maximum Gasteiger partial charge on any atom is 0.187 e. The summed E-state index contributed by atoms with van der Waals surface area (Å²) in [5.74, 6) is 0.416. The highest BCUT2D eigenvalue weighted by molar-refractivity contribution is 7.96. The van der Waals surface area contributed by atoms with Gasteiger partial charge >= 0.3 is 0 Å². The van der Waals surface area contributed by atoms with E-state index in [1.165, 1.54) is 7.11 Å². The highest BCUT2D eigenvalue weighted by Crippen LogP contribution is 2.34. The lowest BCUT2D eigenvalue weighted by Gasteiger charge is -2.29. The first-order chi connectivity index (χ1) is 15.6. The molecule has 0 aliphatic carbocycles. The Kier molecular flexibility index (Phi) is 6.91. The molecule has 1 aromatic carbocycles. The van der Waals surface area contributed by atoms with Crippen molar-refractivity contribution >= 4 is 19.7 Å². The maximum atomic E-state index is 13.7. The van der Waals surface area contributed by atoms with Crippen molar-refractivity contribution in [2.75, 3.05) is 38.2 Å². The molecule has 33 heavy (non-hydrogen) atoms. The van der Waals surface area contributed by atoms with Gasteiger partial charge in [-0.1, -0.05) is 0 Å². The molecule has 3 atom stereocenters. The molecule has 0 saturated carbocycles. The molecule has 8 nitrogen and oxygen atoms in total. The van der Waals surface area contributed by atoms with Gasteiger partial charge in [-0.25, -0.2) is 16.8 Å². The van der Waals surface area contributed by atoms with Gasteiger partial charge in [0.1, 0.15) is 16.4 Å². The monoisotopic (exact) mass is 496 g/mol. The van der Waals surface area contributed by atoms with E-state index in [9.17, 15) is 16.8 Å². The molecular formula is C23H32N2O6S2. The van der Waals surface area contributed by atoms with Crippen LogP contribution in [0.5, 0.6) is 5.75 Å². The summed E-state index contributed by atoms with van der Waals surface area (Å²) in [5.41, 5.74) is 1.72. The summed E-state index contributed by atoms with van der Waals surface area (Å²) < 4.78 is 63.5. The quantitative estimate of drug-likeness (QED) is 0.593. The molecule has 0 bridgehead atoms. The number of nitrogens with zero attached hydrogens (tertiary/aromatic N) is 1. The van der Waals surface area contributed by atoms with Crippen molar-refractivity contribution in [3.8, 4) is 5.75 Å². The number of methoxy groups -OCH3 is 1. The van der Waals surface area contributed by atoms with Gasteiger partial charge in [-0.2, -0.15) is 0 Å². The van der Waals surface area contributed by atoms with Crippen LogP contribution in [0.4, 0.5) is 0 Å². The number of benzene rings is 1. The van der Waals surface area contributed by atoms with Gasteiger partial charge in [0.25, 0.3) is 0 Å². The van der Waals surface area contributed by atoms with Crippen molar-refractivity contribution < 1.29 is 26.0 Å². The number of rotatable bonds is 8. The van der Waals surface area contributed by atoms with Crippen molar-refractivity contribution in [3.05, 3.63) is 47.4 Å². The third kappa shape index (κ3) is 4.99. The van der Waals surface area contributed by atoms with Crippen LogP contribution in [-0.4, -0.2) is 71.3 Å². The molecule has 2 aliphatic heterocycles. The zero-order valence-electron chi connectivity index (χ0n) is 19.3. The molecule has 0 radical (unpaired) electrons. The predicted molar refractivity (Wildman–Crippen MR) is 126 cm³/mol. The molecule has 2 aliphatic rings. The highest BCUT2D eigenvalue weighted by Gasteiger charge is 2.47. The van der Waals surface area contributed by atoms with Crippen molar-refractivity contribution in [1.82, 2.24) is 10.2 Å². The SMILES string of the molecule is COc1cc(C)c(C)cc1S(=O)(=O)[C@H]1CS(=O)(=O)C[C@@H]1NCC(c1ccco1)N1CCCC1.